The number of carbonyl (C=O) groups is 2. The summed E-state index contributed by atoms with van der Waals surface area (Å²) in [4.78, 5) is 23.1. The molecule has 21 heavy (non-hydrogen) atoms. The average molecular weight is 293 g/mol. The van der Waals surface area contributed by atoms with Crippen LogP contribution < -0.4 is 5.32 Å². The fourth-order valence-corrected chi connectivity index (χ4v) is 2.23. The number of nitrogens with one attached hydrogen (secondary N) is 1. The summed E-state index contributed by atoms with van der Waals surface area (Å²) in [6.45, 7) is 4.06. The van der Waals surface area contributed by atoms with Crippen molar-refractivity contribution in [3.8, 4) is 0 Å². The normalized spacial score (nSPS) is 13.7. The van der Waals surface area contributed by atoms with E-state index < -0.39 is 12.0 Å². The number of benzene rings is 1. The second kappa shape index (κ2) is 8.42. The van der Waals surface area contributed by atoms with Gasteiger partial charge in [-0.3, -0.25) is 4.79 Å². The van der Waals surface area contributed by atoms with Gasteiger partial charge < -0.3 is 15.2 Å². The number of carboxylic acids is 1. The maximum Gasteiger partial charge on any atom is 0.328 e. The van der Waals surface area contributed by atoms with Crippen LogP contribution in [0.5, 0.6) is 0 Å². The second-order valence-electron chi connectivity index (χ2n) is 5.38. The molecule has 116 valence electrons. The lowest BCUT2D eigenvalue weighted by molar-refractivity contribution is -0.143. The summed E-state index contributed by atoms with van der Waals surface area (Å²) in [7, 11) is 1.41. The van der Waals surface area contributed by atoms with Gasteiger partial charge in [0.05, 0.1) is 6.61 Å². The van der Waals surface area contributed by atoms with Gasteiger partial charge in [-0.2, -0.15) is 0 Å². The van der Waals surface area contributed by atoms with Crippen molar-refractivity contribution in [2.45, 2.75) is 32.2 Å². The van der Waals surface area contributed by atoms with Crippen LogP contribution in [0.2, 0.25) is 0 Å². The zero-order valence-corrected chi connectivity index (χ0v) is 12.7. The lowest BCUT2D eigenvalue weighted by atomic mass is 9.85. The van der Waals surface area contributed by atoms with Crippen LogP contribution in [0.3, 0.4) is 0 Å². The molecule has 0 aliphatic heterocycles. The van der Waals surface area contributed by atoms with Crippen molar-refractivity contribution < 1.29 is 19.4 Å². The highest BCUT2D eigenvalue weighted by Crippen LogP contribution is 2.27. The number of rotatable bonds is 8. The number of aliphatic carboxylic acids is 1. The summed E-state index contributed by atoms with van der Waals surface area (Å²) in [6.07, 6.45) is 0.259. The zero-order chi connectivity index (χ0) is 15.8. The maximum atomic E-state index is 12.1. The summed E-state index contributed by atoms with van der Waals surface area (Å²) in [5.41, 5.74) is 1.08. The molecule has 0 saturated carbocycles. The minimum Gasteiger partial charge on any atom is -0.480 e. The summed E-state index contributed by atoms with van der Waals surface area (Å²) in [6, 6.07) is 8.77. The van der Waals surface area contributed by atoms with E-state index in [0.717, 1.165) is 5.56 Å². The first-order chi connectivity index (χ1) is 9.95. The van der Waals surface area contributed by atoms with Gasteiger partial charge in [0.25, 0.3) is 0 Å². The number of carbonyl (C=O) groups excluding carboxylic acids is 1. The molecule has 0 aliphatic rings. The Kier molecular flexibility index (Phi) is 6.88. The Hall–Kier alpha value is -1.88. The molecule has 2 atom stereocenters. The first-order valence-corrected chi connectivity index (χ1v) is 7.01. The van der Waals surface area contributed by atoms with Gasteiger partial charge >= 0.3 is 5.97 Å². The Labute approximate surface area is 125 Å². The molecule has 5 heteroatoms. The van der Waals surface area contributed by atoms with Gasteiger partial charge in [0.2, 0.25) is 5.91 Å². The fraction of sp³-hybridized carbons (Fsp3) is 0.500. The molecule has 1 rings (SSSR count). The molecule has 0 radical (unpaired) electrons. The minimum absolute atomic E-state index is 0.0429. The van der Waals surface area contributed by atoms with E-state index in [1.54, 1.807) is 0 Å². The molecule has 0 bridgehead atoms. The standard InChI is InChI=1S/C16H23NO4/c1-11(2)13(12-7-5-4-6-8-12)9-15(18)17-14(10-21-3)16(19)20/h4-8,11,13-14H,9-10H2,1-3H3,(H,17,18)(H,19,20). The van der Waals surface area contributed by atoms with Crippen molar-refractivity contribution in [2.24, 2.45) is 5.92 Å². The quantitative estimate of drug-likeness (QED) is 0.769. The summed E-state index contributed by atoms with van der Waals surface area (Å²) < 4.78 is 4.81. The SMILES string of the molecule is COCC(NC(=O)CC(c1ccccc1)C(C)C)C(=O)O. The number of ether oxygens (including phenoxy) is 1. The number of hydrogen-bond acceptors (Lipinski definition) is 3. The largest absolute Gasteiger partial charge is 0.480 e. The van der Waals surface area contributed by atoms with Gasteiger partial charge in [0.15, 0.2) is 6.04 Å². The van der Waals surface area contributed by atoms with Gasteiger partial charge in [0, 0.05) is 13.5 Å². The summed E-state index contributed by atoms with van der Waals surface area (Å²) >= 11 is 0. The molecular weight excluding hydrogens is 270 g/mol. The molecule has 0 spiro atoms. The van der Waals surface area contributed by atoms with Crippen molar-refractivity contribution in [1.82, 2.24) is 5.32 Å². The molecule has 0 heterocycles. The Morgan fingerprint density at radius 2 is 1.86 bits per heavy atom. The van der Waals surface area contributed by atoms with Gasteiger partial charge in [-0.15, -0.1) is 0 Å². The number of amides is 1. The molecule has 2 unspecified atom stereocenters. The van der Waals surface area contributed by atoms with E-state index in [0.29, 0.717) is 0 Å². The van der Waals surface area contributed by atoms with E-state index in [2.05, 4.69) is 19.2 Å². The van der Waals surface area contributed by atoms with Crippen molar-refractivity contribution >= 4 is 11.9 Å². The van der Waals surface area contributed by atoms with Crippen LogP contribution in [0.4, 0.5) is 0 Å². The number of methoxy groups -OCH3 is 1. The first-order valence-electron chi connectivity index (χ1n) is 7.01. The number of carboxylic acid groups (broad SMARTS) is 1. The van der Waals surface area contributed by atoms with E-state index >= 15 is 0 Å². The minimum atomic E-state index is -1.09. The predicted molar refractivity (Wildman–Crippen MR) is 80.1 cm³/mol. The highest BCUT2D eigenvalue weighted by atomic mass is 16.5. The van der Waals surface area contributed by atoms with E-state index in [1.165, 1.54) is 7.11 Å². The molecular formula is C16H23NO4. The third kappa shape index (κ3) is 5.55. The molecule has 1 amide bonds. The fourth-order valence-electron chi connectivity index (χ4n) is 2.23. The lowest BCUT2D eigenvalue weighted by Crippen LogP contribution is -2.44. The third-order valence-corrected chi connectivity index (χ3v) is 3.40. The lowest BCUT2D eigenvalue weighted by Gasteiger charge is -2.22. The zero-order valence-electron chi connectivity index (χ0n) is 12.7. The topological polar surface area (TPSA) is 75.6 Å². The van der Waals surface area contributed by atoms with E-state index in [4.69, 9.17) is 9.84 Å². The summed E-state index contributed by atoms with van der Waals surface area (Å²) in [5.74, 6) is -1.03. The Bertz CT molecular complexity index is 459. The molecule has 1 aromatic carbocycles. The van der Waals surface area contributed by atoms with Crippen LogP contribution >= 0.6 is 0 Å². The van der Waals surface area contributed by atoms with Gasteiger partial charge in [-0.25, -0.2) is 4.79 Å². The van der Waals surface area contributed by atoms with Crippen LogP contribution in [-0.4, -0.2) is 36.7 Å². The molecule has 0 aromatic heterocycles. The van der Waals surface area contributed by atoms with Gasteiger partial charge in [0.1, 0.15) is 0 Å². The highest BCUT2D eigenvalue weighted by molar-refractivity contribution is 5.84. The predicted octanol–water partition coefficient (Wildman–Crippen LogP) is 2.03. The van der Waals surface area contributed by atoms with Gasteiger partial charge in [-0.05, 0) is 17.4 Å². The maximum absolute atomic E-state index is 12.1. The van der Waals surface area contributed by atoms with Crippen molar-refractivity contribution in [2.75, 3.05) is 13.7 Å². The van der Waals surface area contributed by atoms with Gasteiger partial charge in [-0.1, -0.05) is 44.2 Å². The Morgan fingerprint density at radius 1 is 1.24 bits per heavy atom. The molecule has 1 aromatic rings. The van der Waals surface area contributed by atoms with Crippen LogP contribution in [0, 0.1) is 5.92 Å². The Morgan fingerprint density at radius 3 is 2.33 bits per heavy atom. The molecule has 0 fully saturated rings. The molecule has 0 aliphatic carbocycles. The van der Waals surface area contributed by atoms with Crippen LogP contribution in [0.25, 0.3) is 0 Å². The average Bonchev–Trinajstić information content (AvgIpc) is 2.44. The van der Waals surface area contributed by atoms with Crippen molar-refractivity contribution in [3.63, 3.8) is 0 Å². The van der Waals surface area contributed by atoms with Crippen molar-refractivity contribution in [3.05, 3.63) is 35.9 Å². The second-order valence-corrected chi connectivity index (χ2v) is 5.38. The van der Waals surface area contributed by atoms with Crippen molar-refractivity contribution in [1.29, 1.82) is 0 Å². The highest BCUT2D eigenvalue weighted by Gasteiger charge is 2.24. The molecule has 5 nitrogen and oxygen atoms in total. The smallest absolute Gasteiger partial charge is 0.328 e. The van der Waals surface area contributed by atoms with E-state index in [9.17, 15) is 9.59 Å². The first kappa shape index (κ1) is 17.2. The third-order valence-electron chi connectivity index (χ3n) is 3.40. The monoisotopic (exact) mass is 293 g/mol. The van der Waals surface area contributed by atoms with E-state index in [-0.39, 0.29) is 30.8 Å². The molecule has 0 saturated heterocycles. The summed E-state index contributed by atoms with van der Waals surface area (Å²) in [5, 5.41) is 11.5. The Balaban J connectivity index is 2.71. The number of hydrogen-bond donors (Lipinski definition) is 2. The van der Waals surface area contributed by atoms with Crippen LogP contribution in [0.15, 0.2) is 30.3 Å². The molecule has 2 N–H and O–H groups in total. The van der Waals surface area contributed by atoms with Crippen LogP contribution in [-0.2, 0) is 14.3 Å². The van der Waals surface area contributed by atoms with E-state index in [1.807, 2.05) is 30.3 Å². The van der Waals surface area contributed by atoms with Crippen LogP contribution in [0.1, 0.15) is 31.7 Å².